The van der Waals surface area contributed by atoms with Crippen LogP contribution in [0.2, 0.25) is 0 Å². The van der Waals surface area contributed by atoms with Gasteiger partial charge in [0.15, 0.2) is 0 Å². The molecular formula is C10H12N4O2. The molecule has 0 fully saturated rings. The van der Waals surface area contributed by atoms with Crippen molar-refractivity contribution in [2.75, 3.05) is 0 Å². The van der Waals surface area contributed by atoms with E-state index < -0.39 is 5.97 Å². The van der Waals surface area contributed by atoms with Crippen molar-refractivity contribution in [2.24, 2.45) is 7.05 Å². The molecule has 0 bridgehead atoms. The molecule has 0 aliphatic carbocycles. The molecular weight excluding hydrogens is 208 g/mol. The zero-order valence-corrected chi connectivity index (χ0v) is 8.87. The van der Waals surface area contributed by atoms with Crippen molar-refractivity contribution in [1.29, 1.82) is 0 Å². The lowest BCUT2D eigenvalue weighted by Crippen LogP contribution is -2.05. The molecule has 0 amide bonds. The van der Waals surface area contributed by atoms with Crippen LogP contribution in [0.3, 0.4) is 0 Å². The highest BCUT2D eigenvalue weighted by Gasteiger charge is 2.06. The number of nitrogens with zero attached hydrogens (tertiary/aromatic N) is 4. The predicted octanol–water partition coefficient (Wildman–Crippen LogP) is 0.558. The van der Waals surface area contributed by atoms with Crippen LogP contribution in [0, 0.1) is 0 Å². The fourth-order valence-electron chi connectivity index (χ4n) is 1.47. The first-order valence-corrected chi connectivity index (χ1v) is 4.89. The number of aryl methyl sites for hydroxylation is 3. The van der Waals surface area contributed by atoms with Crippen LogP contribution in [0.25, 0.3) is 0 Å². The lowest BCUT2D eigenvalue weighted by atomic mass is 10.3. The van der Waals surface area contributed by atoms with E-state index in [1.54, 1.807) is 15.6 Å². The van der Waals surface area contributed by atoms with Gasteiger partial charge in [-0.15, -0.1) is 0 Å². The summed E-state index contributed by atoms with van der Waals surface area (Å²) in [5.41, 5.74) is 1.30. The molecule has 0 saturated heterocycles. The van der Waals surface area contributed by atoms with E-state index in [9.17, 15) is 4.79 Å². The van der Waals surface area contributed by atoms with E-state index in [1.165, 1.54) is 12.4 Å². The molecule has 84 valence electrons. The quantitative estimate of drug-likeness (QED) is 0.817. The molecule has 16 heavy (non-hydrogen) atoms. The second-order valence-corrected chi connectivity index (χ2v) is 3.49. The monoisotopic (exact) mass is 220 g/mol. The molecule has 0 unspecified atom stereocenters. The summed E-state index contributed by atoms with van der Waals surface area (Å²) in [6.07, 6.45) is 5.39. The Labute approximate surface area is 92.1 Å². The SMILES string of the molecule is Cn1nccc1CCn1cc(C(=O)O)cn1. The Morgan fingerprint density at radius 3 is 2.88 bits per heavy atom. The Kier molecular flexibility index (Phi) is 2.72. The van der Waals surface area contributed by atoms with Gasteiger partial charge >= 0.3 is 5.97 Å². The number of hydrogen-bond acceptors (Lipinski definition) is 3. The molecule has 0 aromatic carbocycles. The maximum Gasteiger partial charge on any atom is 0.338 e. The molecule has 0 aliphatic rings. The van der Waals surface area contributed by atoms with Gasteiger partial charge in [-0.1, -0.05) is 0 Å². The first kappa shape index (κ1) is 10.4. The van der Waals surface area contributed by atoms with Crippen LogP contribution in [0.5, 0.6) is 0 Å². The highest BCUT2D eigenvalue weighted by molar-refractivity contribution is 5.86. The van der Waals surface area contributed by atoms with Gasteiger partial charge in [0.1, 0.15) is 0 Å². The van der Waals surface area contributed by atoms with Gasteiger partial charge in [0.2, 0.25) is 0 Å². The van der Waals surface area contributed by atoms with Gasteiger partial charge in [-0.25, -0.2) is 4.79 Å². The zero-order valence-electron chi connectivity index (χ0n) is 8.87. The van der Waals surface area contributed by atoms with Crippen molar-refractivity contribution in [3.8, 4) is 0 Å². The summed E-state index contributed by atoms with van der Waals surface area (Å²) in [5, 5.41) is 16.8. The van der Waals surface area contributed by atoms with Crippen LogP contribution >= 0.6 is 0 Å². The van der Waals surface area contributed by atoms with Gasteiger partial charge in [-0.2, -0.15) is 10.2 Å². The van der Waals surface area contributed by atoms with Crippen molar-refractivity contribution in [3.05, 3.63) is 35.9 Å². The summed E-state index contributed by atoms with van der Waals surface area (Å²) in [6, 6.07) is 1.93. The smallest absolute Gasteiger partial charge is 0.338 e. The third-order valence-electron chi connectivity index (χ3n) is 2.40. The van der Waals surface area contributed by atoms with Crippen LogP contribution in [0.1, 0.15) is 16.1 Å². The van der Waals surface area contributed by atoms with Crippen LogP contribution in [0.15, 0.2) is 24.7 Å². The summed E-state index contributed by atoms with van der Waals surface area (Å²) in [4.78, 5) is 10.6. The Hall–Kier alpha value is -2.11. The number of rotatable bonds is 4. The second-order valence-electron chi connectivity index (χ2n) is 3.49. The fourth-order valence-corrected chi connectivity index (χ4v) is 1.47. The molecule has 6 nitrogen and oxygen atoms in total. The predicted molar refractivity (Wildman–Crippen MR) is 56.1 cm³/mol. The Balaban J connectivity index is 2.00. The normalized spacial score (nSPS) is 10.6. The van der Waals surface area contributed by atoms with Gasteiger partial charge in [0, 0.05) is 38.1 Å². The minimum Gasteiger partial charge on any atom is -0.478 e. The van der Waals surface area contributed by atoms with Crippen LogP contribution in [-0.2, 0) is 20.0 Å². The molecule has 2 heterocycles. The standard InChI is InChI=1S/C10H12N4O2/c1-13-9(2-4-11-13)3-5-14-7-8(6-12-14)10(15)16/h2,4,6-7H,3,5H2,1H3,(H,15,16). The number of carboxylic acids is 1. The van der Waals surface area contributed by atoms with Gasteiger partial charge < -0.3 is 5.11 Å². The first-order chi connectivity index (χ1) is 7.66. The van der Waals surface area contributed by atoms with Crippen molar-refractivity contribution in [1.82, 2.24) is 19.6 Å². The van der Waals surface area contributed by atoms with E-state index in [0.29, 0.717) is 6.54 Å². The van der Waals surface area contributed by atoms with Crippen molar-refractivity contribution < 1.29 is 9.90 Å². The maximum absolute atomic E-state index is 10.6. The molecule has 2 rings (SSSR count). The second kappa shape index (κ2) is 4.18. The summed E-state index contributed by atoms with van der Waals surface area (Å²) < 4.78 is 3.41. The molecule has 0 atom stereocenters. The van der Waals surface area contributed by atoms with Crippen molar-refractivity contribution in [3.63, 3.8) is 0 Å². The van der Waals surface area contributed by atoms with Crippen molar-refractivity contribution in [2.45, 2.75) is 13.0 Å². The summed E-state index contributed by atoms with van der Waals surface area (Å²) in [5.74, 6) is -0.952. The van der Waals surface area contributed by atoms with E-state index in [0.717, 1.165) is 12.1 Å². The average Bonchev–Trinajstić information content (AvgIpc) is 2.83. The summed E-state index contributed by atoms with van der Waals surface area (Å²) in [7, 11) is 1.88. The molecule has 0 spiro atoms. The lowest BCUT2D eigenvalue weighted by Gasteiger charge is -2.01. The zero-order chi connectivity index (χ0) is 11.5. The molecule has 1 N–H and O–H groups in total. The van der Waals surface area contributed by atoms with Gasteiger partial charge in [0.25, 0.3) is 0 Å². The minimum atomic E-state index is -0.952. The molecule has 6 heteroatoms. The average molecular weight is 220 g/mol. The number of carboxylic acid groups (broad SMARTS) is 1. The van der Waals surface area contributed by atoms with Crippen LogP contribution in [-0.4, -0.2) is 30.6 Å². The Morgan fingerprint density at radius 2 is 2.31 bits per heavy atom. The van der Waals surface area contributed by atoms with E-state index in [1.807, 2.05) is 13.1 Å². The number of hydrogen-bond donors (Lipinski definition) is 1. The van der Waals surface area contributed by atoms with E-state index >= 15 is 0 Å². The molecule has 2 aromatic rings. The molecule has 0 aliphatic heterocycles. The largest absolute Gasteiger partial charge is 0.478 e. The topological polar surface area (TPSA) is 72.9 Å². The van der Waals surface area contributed by atoms with Crippen molar-refractivity contribution >= 4 is 5.97 Å². The molecule has 0 saturated carbocycles. The summed E-state index contributed by atoms with van der Waals surface area (Å²) in [6.45, 7) is 0.646. The highest BCUT2D eigenvalue weighted by atomic mass is 16.4. The minimum absolute atomic E-state index is 0.213. The number of carbonyl (C=O) groups is 1. The third-order valence-corrected chi connectivity index (χ3v) is 2.40. The van der Waals surface area contributed by atoms with E-state index in [4.69, 9.17) is 5.11 Å². The van der Waals surface area contributed by atoms with Crippen LogP contribution < -0.4 is 0 Å². The van der Waals surface area contributed by atoms with Gasteiger partial charge in [0.05, 0.1) is 11.8 Å². The van der Waals surface area contributed by atoms with E-state index in [2.05, 4.69) is 10.2 Å². The van der Waals surface area contributed by atoms with E-state index in [-0.39, 0.29) is 5.56 Å². The van der Waals surface area contributed by atoms with Gasteiger partial charge in [-0.05, 0) is 6.07 Å². The Bertz CT molecular complexity index is 500. The number of aromatic carboxylic acids is 1. The molecule has 0 radical (unpaired) electrons. The third kappa shape index (κ3) is 2.10. The van der Waals surface area contributed by atoms with Gasteiger partial charge in [-0.3, -0.25) is 9.36 Å². The maximum atomic E-state index is 10.6. The fraction of sp³-hybridized carbons (Fsp3) is 0.300. The summed E-state index contributed by atoms with van der Waals surface area (Å²) >= 11 is 0. The number of aromatic nitrogens is 4. The highest BCUT2D eigenvalue weighted by Crippen LogP contribution is 2.02. The molecule has 2 aromatic heterocycles. The Morgan fingerprint density at radius 1 is 1.50 bits per heavy atom. The van der Waals surface area contributed by atoms with Crippen LogP contribution in [0.4, 0.5) is 0 Å². The first-order valence-electron chi connectivity index (χ1n) is 4.89. The lowest BCUT2D eigenvalue weighted by molar-refractivity contribution is 0.0697.